The van der Waals surface area contributed by atoms with E-state index in [1.54, 1.807) is 0 Å². The van der Waals surface area contributed by atoms with Gasteiger partial charge in [0.15, 0.2) is 0 Å². The second-order valence-corrected chi connectivity index (χ2v) is 5.50. The number of amides is 2. The number of nitrogens with one attached hydrogen (secondary N) is 1. The van der Waals surface area contributed by atoms with E-state index in [1.807, 2.05) is 30.3 Å². The number of carbonyl (C=O) groups is 3. The van der Waals surface area contributed by atoms with E-state index in [1.165, 1.54) is 20.9 Å². The van der Waals surface area contributed by atoms with Gasteiger partial charge in [-0.2, -0.15) is 0 Å². The third-order valence-corrected chi connectivity index (χ3v) is 3.60. The first-order valence-corrected chi connectivity index (χ1v) is 7.33. The number of hydrogen-bond acceptors (Lipinski definition) is 4. The summed E-state index contributed by atoms with van der Waals surface area (Å²) in [6.07, 6.45) is 0.259. The van der Waals surface area contributed by atoms with Crippen LogP contribution >= 0.6 is 0 Å². The van der Waals surface area contributed by atoms with Crippen molar-refractivity contribution < 1.29 is 19.5 Å². The predicted octanol–water partition coefficient (Wildman–Crippen LogP) is -0.00740. The Morgan fingerprint density at radius 1 is 1.22 bits per heavy atom. The summed E-state index contributed by atoms with van der Waals surface area (Å²) in [4.78, 5) is 36.6. The molecule has 23 heavy (non-hydrogen) atoms. The molecule has 0 aliphatic carbocycles. The molecule has 0 aromatic heterocycles. The zero-order valence-electron chi connectivity index (χ0n) is 13.5. The molecule has 1 rings (SSSR count). The third kappa shape index (κ3) is 5.37. The van der Waals surface area contributed by atoms with E-state index in [9.17, 15) is 14.4 Å². The number of likely N-dealkylation sites (N-methyl/N-ethyl adjacent to an activating group) is 1. The predicted molar refractivity (Wildman–Crippen MR) is 85.6 cm³/mol. The molecule has 0 aliphatic heterocycles. The highest BCUT2D eigenvalue weighted by molar-refractivity contribution is 5.91. The van der Waals surface area contributed by atoms with Gasteiger partial charge in [0.25, 0.3) is 0 Å². The largest absolute Gasteiger partial charge is 0.480 e. The molecular formula is C16H23N3O4. The van der Waals surface area contributed by atoms with Crippen molar-refractivity contribution in [1.29, 1.82) is 0 Å². The van der Waals surface area contributed by atoms with Crippen LogP contribution in [0.15, 0.2) is 30.3 Å². The van der Waals surface area contributed by atoms with Gasteiger partial charge in [0.1, 0.15) is 12.1 Å². The molecule has 1 aromatic carbocycles. The number of hydrogen-bond donors (Lipinski definition) is 3. The molecule has 1 aromatic rings. The maximum Gasteiger partial charge on any atom is 0.326 e. The average molecular weight is 321 g/mol. The zero-order chi connectivity index (χ0) is 17.6. The summed E-state index contributed by atoms with van der Waals surface area (Å²) in [5, 5.41) is 11.6. The van der Waals surface area contributed by atoms with E-state index < -0.39 is 35.9 Å². The number of carboxylic acids is 1. The van der Waals surface area contributed by atoms with Crippen molar-refractivity contribution in [3.05, 3.63) is 35.9 Å². The molecule has 0 spiro atoms. The Labute approximate surface area is 135 Å². The Morgan fingerprint density at radius 3 is 2.26 bits per heavy atom. The molecule has 0 radical (unpaired) electrons. The van der Waals surface area contributed by atoms with Crippen molar-refractivity contribution in [2.45, 2.75) is 38.4 Å². The Bertz CT molecular complexity index is 560. The topological polar surface area (TPSA) is 113 Å². The second-order valence-electron chi connectivity index (χ2n) is 5.50. The summed E-state index contributed by atoms with van der Waals surface area (Å²) in [5.74, 6) is -2.05. The highest BCUT2D eigenvalue weighted by Crippen LogP contribution is 2.08. The fraction of sp³-hybridized carbons (Fsp3) is 0.438. The lowest BCUT2D eigenvalue weighted by Gasteiger charge is -2.27. The van der Waals surface area contributed by atoms with Gasteiger partial charge in [0, 0.05) is 13.5 Å². The Morgan fingerprint density at radius 2 is 1.78 bits per heavy atom. The van der Waals surface area contributed by atoms with Crippen LogP contribution in [0.3, 0.4) is 0 Å². The van der Waals surface area contributed by atoms with Crippen LogP contribution in [0, 0.1) is 0 Å². The van der Waals surface area contributed by atoms with Crippen LogP contribution < -0.4 is 11.1 Å². The normalized spacial score (nSPS) is 14.4. The van der Waals surface area contributed by atoms with Crippen LogP contribution in [0.2, 0.25) is 0 Å². The number of nitrogens with zero attached hydrogens (tertiary/aromatic N) is 1. The summed E-state index contributed by atoms with van der Waals surface area (Å²) in [7, 11) is 1.40. The van der Waals surface area contributed by atoms with E-state index in [-0.39, 0.29) is 6.42 Å². The molecule has 126 valence electrons. The minimum absolute atomic E-state index is 0.259. The first-order valence-electron chi connectivity index (χ1n) is 7.33. The highest BCUT2D eigenvalue weighted by atomic mass is 16.4. The minimum atomic E-state index is -1.11. The number of carboxylic acid groups (broad SMARTS) is 1. The Kier molecular flexibility index (Phi) is 6.71. The van der Waals surface area contributed by atoms with Crippen molar-refractivity contribution >= 4 is 17.8 Å². The number of benzene rings is 1. The zero-order valence-corrected chi connectivity index (χ0v) is 13.5. The molecule has 7 heteroatoms. The summed E-state index contributed by atoms with van der Waals surface area (Å²) in [6.45, 7) is 2.93. The van der Waals surface area contributed by atoms with Crippen molar-refractivity contribution in [1.82, 2.24) is 10.2 Å². The molecule has 0 heterocycles. The average Bonchev–Trinajstić information content (AvgIpc) is 2.52. The van der Waals surface area contributed by atoms with E-state index in [2.05, 4.69) is 5.32 Å². The van der Waals surface area contributed by atoms with Gasteiger partial charge in [0.2, 0.25) is 11.8 Å². The van der Waals surface area contributed by atoms with Crippen LogP contribution in [0.5, 0.6) is 0 Å². The van der Waals surface area contributed by atoms with Crippen LogP contribution in [0.25, 0.3) is 0 Å². The lowest BCUT2D eigenvalue weighted by molar-refractivity contribution is -0.149. The lowest BCUT2D eigenvalue weighted by atomic mass is 10.0. The summed E-state index contributed by atoms with van der Waals surface area (Å²) < 4.78 is 0. The third-order valence-electron chi connectivity index (χ3n) is 3.60. The van der Waals surface area contributed by atoms with Gasteiger partial charge in [-0.05, 0) is 19.4 Å². The van der Waals surface area contributed by atoms with Crippen molar-refractivity contribution in [2.24, 2.45) is 5.73 Å². The summed E-state index contributed by atoms with van der Waals surface area (Å²) in [6, 6.07) is 6.54. The Balaban J connectivity index is 2.95. The lowest BCUT2D eigenvalue weighted by Crippen LogP contribution is -2.54. The fourth-order valence-electron chi connectivity index (χ4n) is 1.96. The van der Waals surface area contributed by atoms with Gasteiger partial charge >= 0.3 is 5.97 Å². The molecular weight excluding hydrogens is 298 g/mol. The van der Waals surface area contributed by atoms with Gasteiger partial charge in [0.05, 0.1) is 6.04 Å². The molecule has 0 saturated carbocycles. The number of rotatable bonds is 7. The van der Waals surface area contributed by atoms with Crippen molar-refractivity contribution in [3.8, 4) is 0 Å². The van der Waals surface area contributed by atoms with Crippen LogP contribution in [0.1, 0.15) is 19.4 Å². The van der Waals surface area contributed by atoms with Gasteiger partial charge in [-0.3, -0.25) is 9.59 Å². The van der Waals surface area contributed by atoms with E-state index in [4.69, 9.17) is 10.8 Å². The Hall–Kier alpha value is -2.41. The summed E-state index contributed by atoms with van der Waals surface area (Å²) >= 11 is 0. The SMILES string of the molecule is C[C@H](N)C(=O)N[C@@H](Cc1ccccc1)C(=O)N(C)[C@@H](C)C(=O)O. The molecule has 0 fully saturated rings. The van der Waals surface area contributed by atoms with E-state index >= 15 is 0 Å². The molecule has 3 atom stereocenters. The van der Waals surface area contributed by atoms with Gasteiger partial charge < -0.3 is 21.1 Å². The molecule has 0 aliphatic rings. The van der Waals surface area contributed by atoms with E-state index in [0.29, 0.717) is 0 Å². The summed E-state index contributed by atoms with van der Waals surface area (Å²) in [5.41, 5.74) is 6.38. The van der Waals surface area contributed by atoms with Crippen LogP contribution in [0.4, 0.5) is 0 Å². The fourth-order valence-corrected chi connectivity index (χ4v) is 1.96. The first kappa shape index (κ1) is 18.6. The monoisotopic (exact) mass is 321 g/mol. The number of carbonyl (C=O) groups excluding carboxylic acids is 2. The number of aliphatic carboxylic acids is 1. The second kappa shape index (κ2) is 8.28. The quantitative estimate of drug-likeness (QED) is 0.654. The smallest absolute Gasteiger partial charge is 0.326 e. The standard InChI is InChI=1S/C16H23N3O4/c1-10(17)14(20)18-13(9-12-7-5-4-6-8-12)15(21)19(3)11(2)16(22)23/h4-8,10-11,13H,9,17H2,1-3H3,(H,18,20)(H,22,23)/t10-,11-,13-/m0/s1. The maximum absolute atomic E-state index is 12.6. The molecule has 2 amide bonds. The molecule has 0 saturated heterocycles. The van der Waals surface area contributed by atoms with E-state index in [0.717, 1.165) is 10.5 Å². The van der Waals surface area contributed by atoms with Crippen molar-refractivity contribution in [3.63, 3.8) is 0 Å². The van der Waals surface area contributed by atoms with Gasteiger partial charge in [-0.1, -0.05) is 30.3 Å². The van der Waals surface area contributed by atoms with Crippen LogP contribution in [-0.2, 0) is 20.8 Å². The molecule has 7 nitrogen and oxygen atoms in total. The number of nitrogens with two attached hydrogens (primary N) is 1. The molecule has 0 unspecified atom stereocenters. The maximum atomic E-state index is 12.6. The highest BCUT2D eigenvalue weighted by Gasteiger charge is 2.30. The van der Waals surface area contributed by atoms with Crippen LogP contribution in [-0.4, -0.2) is 53.0 Å². The minimum Gasteiger partial charge on any atom is -0.480 e. The first-order chi connectivity index (χ1) is 10.7. The molecule has 4 N–H and O–H groups in total. The molecule has 0 bridgehead atoms. The van der Waals surface area contributed by atoms with Gasteiger partial charge in [-0.15, -0.1) is 0 Å². The van der Waals surface area contributed by atoms with Crippen molar-refractivity contribution in [2.75, 3.05) is 7.05 Å². The van der Waals surface area contributed by atoms with Gasteiger partial charge in [-0.25, -0.2) is 4.79 Å².